The van der Waals surface area contributed by atoms with Crippen molar-refractivity contribution in [2.75, 3.05) is 6.61 Å². The van der Waals surface area contributed by atoms with Crippen molar-refractivity contribution in [3.05, 3.63) is 41.7 Å². The van der Waals surface area contributed by atoms with Crippen LogP contribution in [0.15, 0.2) is 41.2 Å². The summed E-state index contributed by atoms with van der Waals surface area (Å²) in [4.78, 5) is 21.2. The molecule has 45 heavy (non-hydrogen) atoms. The number of carbonyl (C=O) groups excluding carboxylic acids is 1. The Morgan fingerprint density at radius 2 is 1.93 bits per heavy atom. The number of carbonyl (C=O) groups is 1. The number of aromatic nitrogens is 1. The number of aliphatic hydroxyl groups is 4. The first-order chi connectivity index (χ1) is 21.5. The fraction of sp³-hybridized carbons (Fsp3) is 0.743. The van der Waals surface area contributed by atoms with Gasteiger partial charge in [-0.05, 0) is 93.2 Å². The van der Waals surface area contributed by atoms with E-state index in [0.717, 1.165) is 30.4 Å². The second-order valence-corrected chi connectivity index (χ2v) is 15.0. The maximum Gasteiger partial charge on any atom is 0.331 e. The largest absolute Gasteiger partial charge is 0.458 e. The van der Waals surface area contributed by atoms with E-state index >= 15 is 0 Å². The average Bonchev–Trinajstić information content (AvgIpc) is 3.56. The number of fused-ring (bicyclic) bond motifs is 5. The van der Waals surface area contributed by atoms with E-state index < -0.39 is 41.2 Å². The topological polar surface area (TPSA) is 151 Å². The Labute approximate surface area is 264 Å². The number of rotatable bonds is 6. The first-order valence-corrected chi connectivity index (χ1v) is 16.9. The van der Waals surface area contributed by atoms with Gasteiger partial charge in [0.2, 0.25) is 0 Å². The van der Waals surface area contributed by atoms with E-state index in [1.54, 1.807) is 19.2 Å². The van der Waals surface area contributed by atoms with Crippen LogP contribution in [0, 0.1) is 28.6 Å². The number of aliphatic hydroxyl groups excluding tert-OH is 2. The molecule has 0 aromatic carbocycles. The highest BCUT2D eigenvalue weighted by atomic mass is 16.7. The lowest BCUT2D eigenvalue weighted by molar-refractivity contribution is -0.282. The quantitative estimate of drug-likeness (QED) is 0.212. The zero-order chi connectivity index (χ0) is 31.6. The zero-order valence-corrected chi connectivity index (χ0v) is 26.4. The van der Waals surface area contributed by atoms with Crippen molar-refractivity contribution in [2.45, 2.75) is 127 Å². The van der Waals surface area contributed by atoms with E-state index in [9.17, 15) is 25.2 Å². The Balaban J connectivity index is 1.17. The number of esters is 1. The fourth-order valence-corrected chi connectivity index (χ4v) is 10.6. The molecule has 246 valence electrons. The van der Waals surface area contributed by atoms with Crippen LogP contribution in [0.25, 0.3) is 0 Å². The van der Waals surface area contributed by atoms with Crippen molar-refractivity contribution < 1.29 is 39.4 Å². The number of hydrogen-bond acceptors (Lipinski definition) is 10. The smallest absolute Gasteiger partial charge is 0.331 e. The molecule has 4 saturated carbocycles. The minimum absolute atomic E-state index is 0.0124. The van der Waals surface area contributed by atoms with Crippen molar-refractivity contribution in [3.63, 3.8) is 0 Å². The third kappa shape index (κ3) is 5.02. The highest BCUT2D eigenvalue weighted by Gasteiger charge is 2.71. The molecule has 7 rings (SSSR count). The number of pyridine rings is 1. The van der Waals surface area contributed by atoms with Crippen LogP contribution in [0.5, 0.6) is 0 Å². The van der Waals surface area contributed by atoms with Crippen molar-refractivity contribution in [1.29, 1.82) is 0 Å². The van der Waals surface area contributed by atoms with Crippen LogP contribution in [-0.4, -0.2) is 86.1 Å². The number of ether oxygens (including phenoxy) is 3. The van der Waals surface area contributed by atoms with Gasteiger partial charge in [0.15, 0.2) is 6.29 Å². The standard InChI is InChI=1S/C35H48N2O8/c1-21-31(40)28(38)15-30(44-21)45-24-5-10-33(20-37-18-22-4-3-13-36-17-22)26-6-9-32(2)25(23-14-29(39)43-19-23)8-12-35(32,42)27(26)7-11-34(33,41)16-24/h3-4,13-14,17,20-21,24-28,30-31,38,40-42H,5-12,15-16,18-19H2,1-2H3/t21-,24-,25+,26-,27+,28-,30+,31-,32+,33-,34-,35-/m0/s1. The molecule has 0 amide bonds. The summed E-state index contributed by atoms with van der Waals surface area (Å²) in [6.07, 6.45) is 10.2. The van der Waals surface area contributed by atoms with Crippen molar-refractivity contribution in [1.82, 2.24) is 4.98 Å². The molecule has 0 unspecified atom stereocenters. The lowest BCUT2D eigenvalue weighted by atomic mass is 9.41. The molecule has 10 heteroatoms. The highest BCUT2D eigenvalue weighted by molar-refractivity contribution is 5.85. The van der Waals surface area contributed by atoms with E-state index in [1.165, 1.54) is 0 Å². The lowest BCUT2D eigenvalue weighted by Gasteiger charge is -2.66. The van der Waals surface area contributed by atoms with E-state index in [-0.39, 0.29) is 41.7 Å². The van der Waals surface area contributed by atoms with Crippen LogP contribution in [0.1, 0.15) is 83.6 Å². The molecule has 6 aliphatic rings. The van der Waals surface area contributed by atoms with Crippen LogP contribution >= 0.6 is 0 Å². The molecule has 1 saturated heterocycles. The molecule has 0 spiro atoms. The minimum atomic E-state index is -1.09. The van der Waals surface area contributed by atoms with Gasteiger partial charge >= 0.3 is 5.97 Å². The van der Waals surface area contributed by atoms with E-state index in [1.807, 2.05) is 24.5 Å². The Hall–Kier alpha value is -2.21. The molecule has 1 aromatic rings. The number of aliphatic imine (C=N–C) groups is 1. The normalized spacial score (nSPS) is 48.0. The molecular weight excluding hydrogens is 576 g/mol. The van der Waals surface area contributed by atoms with Gasteiger partial charge in [-0.25, -0.2) is 4.79 Å². The Morgan fingerprint density at radius 1 is 1.11 bits per heavy atom. The van der Waals surface area contributed by atoms with Crippen LogP contribution in [0.2, 0.25) is 0 Å². The van der Waals surface area contributed by atoms with Gasteiger partial charge in [0, 0.05) is 48.4 Å². The Kier molecular flexibility index (Phi) is 8.02. The maximum absolute atomic E-state index is 12.7. The van der Waals surface area contributed by atoms with E-state index in [4.69, 9.17) is 19.2 Å². The maximum atomic E-state index is 12.7. The van der Waals surface area contributed by atoms with Gasteiger partial charge in [-0.1, -0.05) is 13.0 Å². The summed E-state index contributed by atoms with van der Waals surface area (Å²) in [6.45, 7) is 4.71. The van der Waals surface area contributed by atoms with Gasteiger partial charge in [0.25, 0.3) is 0 Å². The van der Waals surface area contributed by atoms with Gasteiger partial charge in [0.1, 0.15) is 12.7 Å². The van der Waals surface area contributed by atoms with Gasteiger partial charge in [-0.3, -0.25) is 9.98 Å². The third-order valence-electron chi connectivity index (χ3n) is 13.0. The Bertz CT molecular complexity index is 1330. The first-order valence-electron chi connectivity index (χ1n) is 16.9. The molecule has 4 aliphatic carbocycles. The summed E-state index contributed by atoms with van der Waals surface area (Å²) < 4.78 is 17.5. The van der Waals surface area contributed by atoms with Gasteiger partial charge in [-0.2, -0.15) is 0 Å². The minimum Gasteiger partial charge on any atom is -0.458 e. The van der Waals surface area contributed by atoms with Gasteiger partial charge < -0.3 is 34.6 Å². The third-order valence-corrected chi connectivity index (χ3v) is 13.0. The number of nitrogens with zero attached hydrogens (tertiary/aromatic N) is 2. The SMILES string of the molecule is C[C@@H]1O[C@H](O[C@H]2CC[C@]3(C=NCc4cccnc4)[C@H]4CC[C@]5(C)[C@@H](C6=CC(=O)OC6)CC[C@]5(O)[C@@H]4CC[C@]3(O)C2)C[C@H](O)[C@H]1O. The lowest BCUT2D eigenvalue weighted by Crippen LogP contribution is -2.69. The summed E-state index contributed by atoms with van der Waals surface area (Å²) in [6, 6.07) is 3.90. The predicted octanol–water partition coefficient (Wildman–Crippen LogP) is 3.25. The zero-order valence-electron chi connectivity index (χ0n) is 26.4. The molecule has 12 atom stereocenters. The molecule has 5 fully saturated rings. The summed E-state index contributed by atoms with van der Waals surface area (Å²) >= 11 is 0. The number of cyclic esters (lactones) is 1. The summed E-state index contributed by atoms with van der Waals surface area (Å²) in [7, 11) is 0. The van der Waals surface area contributed by atoms with Crippen LogP contribution in [0.3, 0.4) is 0 Å². The molecule has 0 radical (unpaired) electrons. The average molecular weight is 625 g/mol. The van der Waals surface area contributed by atoms with Crippen molar-refractivity contribution in [3.8, 4) is 0 Å². The summed E-state index contributed by atoms with van der Waals surface area (Å²) in [5.74, 6) is -0.171. The second kappa shape index (κ2) is 11.5. The monoisotopic (exact) mass is 624 g/mol. The number of hydrogen-bond donors (Lipinski definition) is 4. The van der Waals surface area contributed by atoms with E-state index in [2.05, 4.69) is 11.9 Å². The van der Waals surface area contributed by atoms with Crippen LogP contribution in [-0.2, 0) is 25.5 Å². The van der Waals surface area contributed by atoms with Crippen LogP contribution in [0.4, 0.5) is 0 Å². The second-order valence-electron chi connectivity index (χ2n) is 15.0. The molecule has 3 heterocycles. The molecule has 0 bridgehead atoms. The fourth-order valence-electron chi connectivity index (χ4n) is 10.6. The molecule has 4 N–H and O–H groups in total. The summed E-state index contributed by atoms with van der Waals surface area (Å²) in [5, 5.41) is 45.9. The predicted molar refractivity (Wildman–Crippen MR) is 164 cm³/mol. The van der Waals surface area contributed by atoms with Crippen molar-refractivity contribution >= 4 is 12.2 Å². The van der Waals surface area contributed by atoms with Crippen LogP contribution < -0.4 is 0 Å². The molecule has 2 aliphatic heterocycles. The van der Waals surface area contributed by atoms with E-state index in [0.29, 0.717) is 51.7 Å². The summed E-state index contributed by atoms with van der Waals surface area (Å²) in [5.41, 5.74) is -1.03. The molecular formula is C35H48N2O8. The van der Waals surface area contributed by atoms with Gasteiger partial charge in [-0.15, -0.1) is 0 Å². The molecule has 1 aromatic heterocycles. The van der Waals surface area contributed by atoms with Crippen molar-refractivity contribution in [2.24, 2.45) is 33.6 Å². The Morgan fingerprint density at radius 3 is 2.67 bits per heavy atom. The molecule has 10 nitrogen and oxygen atoms in total. The van der Waals surface area contributed by atoms with Gasteiger partial charge in [0.05, 0.1) is 36.1 Å². The first kappa shape index (κ1) is 31.4. The highest BCUT2D eigenvalue weighted by Crippen LogP contribution is 2.70.